The fourth-order valence-electron chi connectivity index (χ4n) is 1.29. The van der Waals surface area contributed by atoms with Gasteiger partial charge in [-0.1, -0.05) is 53.8 Å². The summed E-state index contributed by atoms with van der Waals surface area (Å²) in [5.74, 6) is 11.5. The Kier molecular flexibility index (Phi) is 3.87. The standard InChI is InChI=1S/C16H9Cl/c17-16-13-7-6-12-15(16)11-5-4-10-14-8-2-1-3-9-14/h1-3,6-9,12-13H. The SMILES string of the molecule is Clc1ccccc1C#CC#Cc1ccccc1. The quantitative estimate of drug-likeness (QED) is 0.612. The first-order valence-corrected chi connectivity index (χ1v) is 5.55. The smallest absolute Gasteiger partial charge is 0.0562 e. The lowest BCUT2D eigenvalue weighted by Crippen LogP contribution is -1.74. The maximum atomic E-state index is 5.97. The molecule has 0 saturated carbocycles. The summed E-state index contributed by atoms with van der Waals surface area (Å²) in [6, 6.07) is 17.2. The number of halogens is 1. The molecule has 0 amide bonds. The molecule has 1 heteroatoms. The molecule has 80 valence electrons. The van der Waals surface area contributed by atoms with Crippen molar-refractivity contribution >= 4 is 11.6 Å². The van der Waals surface area contributed by atoms with Gasteiger partial charge in [0.05, 0.1) is 5.02 Å². The summed E-state index contributed by atoms with van der Waals surface area (Å²) in [4.78, 5) is 0. The van der Waals surface area contributed by atoms with E-state index >= 15 is 0 Å². The lowest BCUT2D eigenvalue weighted by Gasteiger charge is -1.91. The minimum atomic E-state index is 0.654. The molecule has 0 aromatic heterocycles. The minimum Gasteiger partial charge on any atom is -0.0830 e. The zero-order valence-corrected chi connectivity index (χ0v) is 9.83. The Morgan fingerprint density at radius 1 is 0.706 bits per heavy atom. The molecule has 0 saturated heterocycles. The van der Waals surface area contributed by atoms with Gasteiger partial charge in [0, 0.05) is 11.1 Å². The molecule has 0 nitrogen and oxygen atoms in total. The molecular formula is C16H9Cl. The third-order valence-corrected chi connectivity index (χ3v) is 2.44. The Morgan fingerprint density at radius 3 is 2.12 bits per heavy atom. The summed E-state index contributed by atoms with van der Waals surface area (Å²) >= 11 is 5.97. The van der Waals surface area contributed by atoms with Gasteiger partial charge >= 0.3 is 0 Å². The van der Waals surface area contributed by atoms with Crippen LogP contribution in [0.5, 0.6) is 0 Å². The predicted octanol–water partition coefficient (Wildman–Crippen LogP) is 3.74. The second-order valence-corrected chi connectivity index (χ2v) is 3.75. The van der Waals surface area contributed by atoms with Crippen molar-refractivity contribution in [2.75, 3.05) is 0 Å². The summed E-state index contributed by atoms with van der Waals surface area (Å²) in [6.07, 6.45) is 0. The third kappa shape index (κ3) is 3.42. The van der Waals surface area contributed by atoms with Crippen LogP contribution in [0.3, 0.4) is 0 Å². The van der Waals surface area contributed by atoms with E-state index in [0.717, 1.165) is 11.1 Å². The summed E-state index contributed by atoms with van der Waals surface area (Å²) in [6.45, 7) is 0. The number of benzene rings is 2. The average Bonchev–Trinajstić information content (AvgIpc) is 2.38. The minimum absolute atomic E-state index is 0.654. The Bertz CT molecular complexity index is 619. The van der Waals surface area contributed by atoms with Crippen molar-refractivity contribution in [3.8, 4) is 23.7 Å². The Morgan fingerprint density at radius 2 is 1.35 bits per heavy atom. The van der Waals surface area contributed by atoms with Crippen LogP contribution >= 0.6 is 11.6 Å². The Hall–Kier alpha value is -2.15. The molecular weight excluding hydrogens is 228 g/mol. The number of rotatable bonds is 0. The number of hydrogen-bond acceptors (Lipinski definition) is 0. The van der Waals surface area contributed by atoms with Gasteiger partial charge in [0.2, 0.25) is 0 Å². The van der Waals surface area contributed by atoms with Crippen LogP contribution in [0.1, 0.15) is 11.1 Å². The second kappa shape index (κ2) is 5.80. The van der Waals surface area contributed by atoms with Crippen LogP contribution in [0.15, 0.2) is 54.6 Å². The first-order valence-electron chi connectivity index (χ1n) is 5.18. The van der Waals surface area contributed by atoms with Gasteiger partial charge in [-0.15, -0.1) is 0 Å². The van der Waals surface area contributed by atoms with Gasteiger partial charge in [0.1, 0.15) is 0 Å². The molecule has 0 aliphatic rings. The molecule has 2 rings (SSSR count). The molecule has 2 aromatic carbocycles. The van der Waals surface area contributed by atoms with Crippen molar-refractivity contribution in [3.05, 3.63) is 70.7 Å². The van der Waals surface area contributed by atoms with E-state index in [2.05, 4.69) is 23.7 Å². The van der Waals surface area contributed by atoms with Crippen LogP contribution in [0.2, 0.25) is 5.02 Å². The molecule has 0 spiro atoms. The Labute approximate surface area is 106 Å². The van der Waals surface area contributed by atoms with E-state index in [1.165, 1.54) is 0 Å². The first-order chi connectivity index (χ1) is 8.36. The number of hydrogen-bond donors (Lipinski definition) is 0. The molecule has 0 bridgehead atoms. The van der Waals surface area contributed by atoms with Gasteiger partial charge < -0.3 is 0 Å². The van der Waals surface area contributed by atoms with Gasteiger partial charge in [-0.05, 0) is 36.1 Å². The largest absolute Gasteiger partial charge is 0.0830 e. The van der Waals surface area contributed by atoms with E-state index in [-0.39, 0.29) is 0 Å². The molecule has 0 radical (unpaired) electrons. The maximum absolute atomic E-state index is 5.97. The highest BCUT2D eigenvalue weighted by atomic mass is 35.5. The molecule has 0 atom stereocenters. The van der Waals surface area contributed by atoms with Crippen molar-refractivity contribution in [1.82, 2.24) is 0 Å². The predicted molar refractivity (Wildman–Crippen MR) is 71.7 cm³/mol. The van der Waals surface area contributed by atoms with Crippen LogP contribution in [-0.4, -0.2) is 0 Å². The highest BCUT2D eigenvalue weighted by molar-refractivity contribution is 6.31. The van der Waals surface area contributed by atoms with Gasteiger partial charge in [0.25, 0.3) is 0 Å². The molecule has 0 fully saturated rings. The third-order valence-electron chi connectivity index (χ3n) is 2.11. The average molecular weight is 237 g/mol. The van der Waals surface area contributed by atoms with Crippen LogP contribution in [-0.2, 0) is 0 Å². The topological polar surface area (TPSA) is 0 Å². The summed E-state index contributed by atoms with van der Waals surface area (Å²) < 4.78 is 0. The second-order valence-electron chi connectivity index (χ2n) is 3.35. The van der Waals surface area contributed by atoms with Gasteiger partial charge in [-0.2, -0.15) is 0 Å². The van der Waals surface area contributed by atoms with E-state index < -0.39 is 0 Å². The van der Waals surface area contributed by atoms with E-state index in [0.29, 0.717) is 5.02 Å². The zero-order chi connectivity index (χ0) is 11.9. The van der Waals surface area contributed by atoms with Crippen LogP contribution in [0, 0.1) is 23.7 Å². The highest BCUT2D eigenvalue weighted by Gasteiger charge is 1.91. The molecule has 0 unspecified atom stereocenters. The van der Waals surface area contributed by atoms with Crippen molar-refractivity contribution in [2.24, 2.45) is 0 Å². The highest BCUT2D eigenvalue weighted by Crippen LogP contribution is 2.12. The van der Waals surface area contributed by atoms with Crippen LogP contribution in [0.4, 0.5) is 0 Å². The lowest BCUT2D eigenvalue weighted by atomic mass is 10.2. The fraction of sp³-hybridized carbons (Fsp3) is 0. The van der Waals surface area contributed by atoms with E-state index in [1.54, 1.807) is 0 Å². The molecule has 0 aliphatic heterocycles. The first kappa shape index (κ1) is 11.3. The lowest BCUT2D eigenvalue weighted by molar-refractivity contribution is 1.64. The van der Waals surface area contributed by atoms with E-state index in [1.807, 2.05) is 54.6 Å². The molecule has 0 heterocycles. The van der Waals surface area contributed by atoms with Crippen LogP contribution < -0.4 is 0 Å². The molecule has 0 aliphatic carbocycles. The van der Waals surface area contributed by atoms with Crippen molar-refractivity contribution in [3.63, 3.8) is 0 Å². The fourth-order valence-corrected chi connectivity index (χ4v) is 1.47. The van der Waals surface area contributed by atoms with Gasteiger partial charge in [-0.25, -0.2) is 0 Å². The summed E-state index contributed by atoms with van der Waals surface area (Å²) in [5, 5.41) is 0.654. The van der Waals surface area contributed by atoms with Crippen molar-refractivity contribution in [1.29, 1.82) is 0 Å². The Balaban J connectivity index is 2.15. The van der Waals surface area contributed by atoms with Gasteiger partial charge in [-0.3, -0.25) is 0 Å². The van der Waals surface area contributed by atoms with E-state index in [4.69, 9.17) is 11.6 Å². The van der Waals surface area contributed by atoms with Crippen LogP contribution in [0.25, 0.3) is 0 Å². The zero-order valence-electron chi connectivity index (χ0n) is 9.07. The summed E-state index contributed by atoms with van der Waals surface area (Å²) in [5.41, 5.74) is 1.76. The molecule has 17 heavy (non-hydrogen) atoms. The monoisotopic (exact) mass is 236 g/mol. The van der Waals surface area contributed by atoms with Crippen molar-refractivity contribution in [2.45, 2.75) is 0 Å². The van der Waals surface area contributed by atoms with E-state index in [9.17, 15) is 0 Å². The maximum Gasteiger partial charge on any atom is 0.0562 e. The van der Waals surface area contributed by atoms with Crippen molar-refractivity contribution < 1.29 is 0 Å². The van der Waals surface area contributed by atoms with Gasteiger partial charge in [0.15, 0.2) is 0 Å². The summed E-state index contributed by atoms with van der Waals surface area (Å²) in [7, 11) is 0. The normalized spacial score (nSPS) is 8.53. The molecule has 2 aromatic rings. The molecule has 0 N–H and O–H groups in total.